The van der Waals surface area contributed by atoms with Crippen LogP contribution < -0.4 is 0 Å². The Morgan fingerprint density at radius 3 is 2.68 bits per heavy atom. The minimum absolute atomic E-state index is 0.0161. The highest BCUT2D eigenvalue weighted by Crippen LogP contribution is 2.37. The number of ether oxygens (including phenoxy) is 1. The van der Waals surface area contributed by atoms with E-state index in [-0.39, 0.29) is 36.8 Å². The highest BCUT2D eigenvalue weighted by atomic mass is 16.6. The van der Waals surface area contributed by atoms with Crippen molar-refractivity contribution in [1.82, 2.24) is 4.90 Å². The largest absolute Gasteiger partial charge is 0.496 e. The fourth-order valence-corrected chi connectivity index (χ4v) is 3.38. The van der Waals surface area contributed by atoms with Gasteiger partial charge < -0.3 is 14.7 Å². The molecular formula is C18H20N2O5. The Bertz CT molecular complexity index is 743. The normalized spacial score (nSPS) is 26.2. The second-order valence-corrected chi connectivity index (χ2v) is 6.42. The van der Waals surface area contributed by atoms with Crippen molar-refractivity contribution in [2.75, 3.05) is 20.2 Å². The molecule has 0 saturated carbocycles. The van der Waals surface area contributed by atoms with Crippen molar-refractivity contribution in [2.24, 2.45) is 0 Å². The van der Waals surface area contributed by atoms with Crippen molar-refractivity contribution in [3.8, 4) is 0 Å². The van der Waals surface area contributed by atoms with E-state index in [0.717, 1.165) is 11.1 Å². The molecule has 1 aromatic rings. The summed E-state index contributed by atoms with van der Waals surface area (Å²) in [6, 6.07) is 9.36. The van der Waals surface area contributed by atoms with Crippen molar-refractivity contribution in [2.45, 2.75) is 24.5 Å². The number of hydrogen-bond acceptors (Lipinski definition) is 5. The van der Waals surface area contributed by atoms with Crippen LogP contribution in [0.4, 0.5) is 0 Å². The molecule has 1 aromatic carbocycles. The highest BCUT2D eigenvalue weighted by Gasteiger charge is 2.47. The molecule has 25 heavy (non-hydrogen) atoms. The summed E-state index contributed by atoms with van der Waals surface area (Å²) in [6.07, 6.45) is 2.47. The molecule has 7 nitrogen and oxygen atoms in total. The molecule has 0 aromatic heterocycles. The van der Waals surface area contributed by atoms with Gasteiger partial charge in [0.25, 0.3) is 5.54 Å². The van der Waals surface area contributed by atoms with Crippen LogP contribution in [0.1, 0.15) is 18.4 Å². The van der Waals surface area contributed by atoms with E-state index in [1.54, 1.807) is 6.08 Å². The number of rotatable bonds is 5. The molecule has 1 N–H and O–H groups in total. The summed E-state index contributed by atoms with van der Waals surface area (Å²) in [5.41, 5.74) is 0.143. The predicted molar refractivity (Wildman–Crippen MR) is 91.1 cm³/mol. The number of carbonyl (C=O) groups is 1. The van der Waals surface area contributed by atoms with E-state index in [4.69, 9.17) is 4.74 Å². The summed E-state index contributed by atoms with van der Waals surface area (Å²) in [6.45, 7) is 0.0590. The van der Waals surface area contributed by atoms with Gasteiger partial charge in [0.15, 0.2) is 0 Å². The van der Waals surface area contributed by atoms with Gasteiger partial charge in [0.05, 0.1) is 32.6 Å². The average Bonchev–Trinajstić information content (AvgIpc) is 2.92. The van der Waals surface area contributed by atoms with E-state index in [9.17, 15) is 20.0 Å². The number of allylic oxidation sites excluding steroid dienone is 1. The molecule has 1 aliphatic heterocycles. The highest BCUT2D eigenvalue weighted by molar-refractivity contribution is 5.79. The standard InChI is InChI=1S/C18H20N2O5/c1-25-16-7-8-18(20(23)24,12-19-11-14(21)9-17(19)22)10-15(16)13-5-3-2-4-6-13/h2-8,14,21H,9-12H2,1H3/t14-,18?/m1/s1. The summed E-state index contributed by atoms with van der Waals surface area (Å²) in [5, 5.41) is 21.6. The van der Waals surface area contributed by atoms with Crippen LogP contribution in [0.15, 0.2) is 48.2 Å². The Balaban J connectivity index is 1.94. The molecule has 132 valence electrons. The Morgan fingerprint density at radius 1 is 1.40 bits per heavy atom. The molecule has 1 fully saturated rings. The van der Waals surface area contributed by atoms with Gasteiger partial charge in [-0.25, -0.2) is 0 Å². The summed E-state index contributed by atoms with van der Waals surface area (Å²) in [5.74, 6) is 0.321. The molecule has 2 aliphatic rings. The van der Waals surface area contributed by atoms with Gasteiger partial charge in [0.2, 0.25) is 5.91 Å². The lowest BCUT2D eigenvalue weighted by molar-refractivity contribution is -0.554. The molecule has 1 amide bonds. The van der Waals surface area contributed by atoms with Crippen LogP contribution in [0.5, 0.6) is 0 Å². The number of benzene rings is 1. The first kappa shape index (κ1) is 17.2. The molecule has 0 spiro atoms. The van der Waals surface area contributed by atoms with Crippen molar-refractivity contribution in [1.29, 1.82) is 0 Å². The lowest BCUT2D eigenvalue weighted by Gasteiger charge is -2.31. The van der Waals surface area contributed by atoms with Crippen LogP contribution in [0, 0.1) is 10.1 Å². The Hall–Kier alpha value is -2.67. The van der Waals surface area contributed by atoms with Gasteiger partial charge in [-0.3, -0.25) is 14.9 Å². The van der Waals surface area contributed by atoms with Gasteiger partial charge in [-0.2, -0.15) is 0 Å². The van der Waals surface area contributed by atoms with E-state index in [2.05, 4.69) is 0 Å². The summed E-state index contributed by atoms with van der Waals surface area (Å²) >= 11 is 0. The SMILES string of the molecule is COC1=C(c2ccccc2)CC(CN2C[C@H](O)CC2=O)([N+](=O)[O-])C=C1. The number of carbonyl (C=O) groups excluding carboxylic acids is 1. The van der Waals surface area contributed by atoms with Crippen LogP contribution in [0.2, 0.25) is 0 Å². The maximum absolute atomic E-state index is 12.0. The molecule has 2 atom stereocenters. The number of hydrogen-bond donors (Lipinski definition) is 1. The van der Waals surface area contributed by atoms with Gasteiger partial charge in [-0.05, 0) is 17.7 Å². The summed E-state index contributed by atoms with van der Waals surface area (Å²) < 4.78 is 5.39. The first-order valence-corrected chi connectivity index (χ1v) is 8.07. The van der Waals surface area contributed by atoms with E-state index in [1.807, 2.05) is 30.3 Å². The molecule has 1 aliphatic carbocycles. The van der Waals surface area contributed by atoms with Gasteiger partial charge in [0, 0.05) is 17.0 Å². The molecule has 0 radical (unpaired) electrons. The Kier molecular flexibility index (Phi) is 4.59. The first-order chi connectivity index (χ1) is 11.9. The number of likely N-dealkylation sites (tertiary alicyclic amines) is 1. The van der Waals surface area contributed by atoms with Crippen LogP contribution in [0.3, 0.4) is 0 Å². The number of aliphatic hydroxyl groups is 1. The first-order valence-electron chi connectivity index (χ1n) is 8.07. The fraction of sp³-hybridized carbons (Fsp3) is 0.389. The van der Waals surface area contributed by atoms with Crippen molar-refractivity contribution < 1.29 is 19.6 Å². The number of nitro groups is 1. The van der Waals surface area contributed by atoms with Crippen LogP contribution >= 0.6 is 0 Å². The van der Waals surface area contributed by atoms with Gasteiger partial charge in [0.1, 0.15) is 5.76 Å². The van der Waals surface area contributed by atoms with Gasteiger partial charge in [-0.1, -0.05) is 30.3 Å². The average molecular weight is 344 g/mol. The molecule has 1 heterocycles. The third kappa shape index (κ3) is 3.28. The van der Waals surface area contributed by atoms with Crippen LogP contribution in [-0.2, 0) is 9.53 Å². The number of β-amino-alcohol motifs (C(OH)–C–C–N with tert-alkyl or cyclic N) is 1. The quantitative estimate of drug-likeness (QED) is 0.647. The van der Waals surface area contributed by atoms with E-state index >= 15 is 0 Å². The lowest BCUT2D eigenvalue weighted by atomic mass is 9.83. The second kappa shape index (κ2) is 6.68. The fourth-order valence-electron chi connectivity index (χ4n) is 3.38. The molecule has 1 unspecified atom stereocenters. The lowest BCUT2D eigenvalue weighted by Crippen LogP contribution is -2.49. The van der Waals surface area contributed by atoms with Crippen LogP contribution in [-0.4, -0.2) is 52.7 Å². The molecule has 7 heteroatoms. The Labute approximate surface area is 145 Å². The monoisotopic (exact) mass is 344 g/mol. The van der Waals surface area contributed by atoms with E-state index < -0.39 is 11.6 Å². The molecular weight excluding hydrogens is 324 g/mol. The second-order valence-electron chi connectivity index (χ2n) is 6.42. The number of methoxy groups -OCH3 is 1. The minimum Gasteiger partial charge on any atom is -0.496 e. The third-order valence-electron chi connectivity index (χ3n) is 4.69. The number of nitrogens with zero attached hydrogens (tertiary/aromatic N) is 2. The zero-order chi connectivity index (χ0) is 18.0. The van der Waals surface area contributed by atoms with E-state index in [0.29, 0.717) is 5.76 Å². The number of amides is 1. The van der Waals surface area contributed by atoms with Gasteiger partial charge in [-0.15, -0.1) is 0 Å². The zero-order valence-electron chi connectivity index (χ0n) is 13.9. The molecule has 1 saturated heterocycles. The van der Waals surface area contributed by atoms with Crippen molar-refractivity contribution >= 4 is 11.5 Å². The summed E-state index contributed by atoms with van der Waals surface area (Å²) in [4.78, 5) is 24.9. The number of aliphatic hydroxyl groups excluding tert-OH is 1. The van der Waals surface area contributed by atoms with Crippen molar-refractivity contribution in [3.63, 3.8) is 0 Å². The smallest absolute Gasteiger partial charge is 0.262 e. The maximum Gasteiger partial charge on any atom is 0.262 e. The van der Waals surface area contributed by atoms with Crippen molar-refractivity contribution in [3.05, 3.63) is 63.9 Å². The minimum atomic E-state index is -1.44. The Morgan fingerprint density at radius 2 is 2.12 bits per heavy atom. The maximum atomic E-state index is 12.0. The van der Waals surface area contributed by atoms with Gasteiger partial charge >= 0.3 is 0 Å². The topological polar surface area (TPSA) is 92.9 Å². The van der Waals surface area contributed by atoms with Crippen LogP contribution in [0.25, 0.3) is 5.57 Å². The summed E-state index contributed by atoms with van der Waals surface area (Å²) in [7, 11) is 1.53. The third-order valence-corrected chi connectivity index (χ3v) is 4.69. The zero-order valence-corrected chi connectivity index (χ0v) is 13.9. The molecule has 3 rings (SSSR count). The molecule has 0 bridgehead atoms. The predicted octanol–water partition coefficient (Wildman–Crippen LogP) is 1.61. The van der Waals surface area contributed by atoms with E-state index in [1.165, 1.54) is 18.1 Å².